The largest absolute Gasteiger partial charge is 0.378 e. The highest BCUT2D eigenvalue weighted by atomic mass is 16.5. The zero-order valence-electron chi connectivity index (χ0n) is 27.7. The maximum atomic E-state index is 12.9. The van der Waals surface area contributed by atoms with Crippen molar-refractivity contribution >= 4 is 41.1 Å². The first kappa shape index (κ1) is 33.1. The van der Waals surface area contributed by atoms with Crippen LogP contribution < -0.4 is 20.4 Å². The van der Waals surface area contributed by atoms with E-state index in [9.17, 15) is 14.4 Å². The molecule has 14 heteroatoms. The van der Waals surface area contributed by atoms with Crippen LogP contribution in [0.25, 0.3) is 11.4 Å². The fourth-order valence-corrected chi connectivity index (χ4v) is 6.10. The van der Waals surface area contributed by atoms with Gasteiger partial charge in [-0.05, 0) is 61.5 Å². The minimum atomic E-state index is -0.393. The van der Waals surface area contributed by atoms with E-state index in [1.807, 2.05) is 34.1 Å². The zero-order valence-corrected chi connectivity index (χ0v) is 27.7. The van der Waals surface area contributed by atoms with Gasteiger partial charge in [-0.3, -0.25) is 9.59 Å². The van der Waals surface area contributed by atoms with Crippen molar-refractivity contribution < 1.29 is 19.1 Å². The number of ether oxygens (including phenoxy) is 1. The van der Waals surface area contributed by atoms with Gasteiger partial charge in [0.2, 0.25) is 17.8 Å². The van der Waals surface area contributed by atoms with Gasteiger partial charge in [0.05, 0.1) is 13.2 Å². The van der Waals surface area contributed by atoms with E-state index >= 15 is 0 Å². The molecule has 4 amide bonds. The monoisotopic (exact) mass is 656 g/mol. The molecule has 14 nitrogen and oxygen atoms in total. The Hall–Kier alpha value is -4.82. The third-order valence-electron chi connectivity index (χ3n) is 9.03. The van der Waals surface area contributed by atoms with E-state index in [1.165, 1.54) is 0 Å². The third kappa shape index (κ3) is 8.17. The van der Waals surface area contributed by atoms with Crippen LogP contribution in [0.2, 0.25) is 0 Å². The van der Waals surface area contributed by atoms with Crippen molar-refractivity contribution in [1.82, 2.24) is 29.7 Å². The van der Waals surface area contributed by atoms with E-state index in [0.717, 1.165) is 51.3 Å². The van der Waals surface area contributed by atoms with Crippen LogP contribution >= 0.6 is 0 Å². The summed E-state index contributed by atoms with van der Waals surface area (Å²) in [4.78, 5) is 62.5. The summed E-state index contributed by atoms with van der Waals surface area (Å²) in [6.45, 7) is 13.2. The summed E-state index contributed by atoms with van der Waals surface area (Å²) >= 11 is 0. The van der Waals surface area contributed by atoms with Gasteiger partial charge in [-0.1, -0.05) is 6.92 Å². The quantitative estimate of drug-likeness (QED) is 0.390. The van der Waals surface area contributed by atoms with Crippen molar-refractivity contribution in [2.45, 2.75) is 20.3 Å². The number of carbonyl (C=O) groups excluding carboxylic acids is 3. The second kappa shape index (κ2) is 15.4. The molecule has 0 aliphatic carbocycles. The zero-order chi connectivity index (χ0) is 33.5. The summed E-state index contributed by atoms with van der Waals surface area (Å²) in [6, 6.07) is 13.9. The second-order valence-electron chi connectivity index (χ2n) is 12.2. The Balaban J connectivity index is 1.10. The van der Waals surface area contributed by atoms with Crippen LogP contribution in [-0.4, -0.2) is 133 Å². The van der Waals surface area contributed by atoms with Crippen molar-refractivity contribution in [3.8, 4) is 11.4 Å². The van der Waals surface area contributed by atoms with Gasteiger partial charge in [-0.15, -0.1) is 0 Å². The number of benzene rings is 2. The molecule has 4 heterocycles. The van der Waals surface area contributed by atoms with Gasteiger partial charge in [-0.25, -0.2) is 4.79 Å². The van der Waals surface area contributed by atoms with E-state index < -0.39 is 6.03 Å². The van der Waals surface area contributed by atoms with E-state index in [4.69, 9.17) is 19.7 Å². The van der Waals surface area contributed by atoms with Crippen LogP contribution in [0.5, 0.6) is 0 Å². The van der Waals surface area contributed by atoms with Gasteiger partial charge in [-0.2, -0.15) is 15.0 Å². The van der Waals surface area contributed by atoms with E-state index in [2.05, 4.69) is 32.3 Å². The molecular formula is C34H44N10O4. The van der Waals surface area contributed by atoms with Crippen molar-refractivity contribution in [3.05, 3.63) is 54.1 Å². The fourth-order valence-electron chi connectivity index (χ4n) is 6.10. The molecule has 0 radical (unpaired) electrons. The molecule has 1 aromatic heterocycles. The van der Waals surface area contributed by atoms with Gasteiger partial charge in [0.15, 0.2) is 5.82 Å². The minimum absolute atomic E-state index is 0.00950. The number of likely N-dealkylation sites (N-methyl/N-ethyl adjacent to an activating group) is 1. The Kier molecular flexibility index (Phi) is 10.6. The number of piperazine rings is 1. The summed E-state index contributed by atoms with van der Waals surface area (Å²) in [5.74, 6) is 1.80. The number of carbonyl (C=O) groups is 3. The van der Waals surface area contributed by atoms with E-state index in [0.29, 0.717) is 80.6 Å². The van der Waals surface area contributed by atoms with Gasteiger partial charge in [0.1, 0.15) is 0 Å². The number of nitrogens with one attached hydrogen (secondary N) is 2. The summed E-state index contributed by atoms with van der Waals surface area (Å²) in [5.41, 5.74) is 2.59. The second-order valence-corrected chi connectivity index (χ2v) is 12.2. The first-order valence-corrected chi connectivity index (χ1v) is 16.8. The van der Waals surface area contributed by atoms with Crippen molar-refractivity contribution in [3.63, 3.8) is 0 Å². The molecule has 3 saturated heterocycles. The lowest BCUT2D eigenvalue weighted by atomic mass is 10.1. The minimum Gasteiger partial charge on any atom is -0.378 e. The van der Waals surface area contributed by atoms with Crippen LogP contribution in [-0.2, 0) is 9.53 Å². The highest BCUT2D eigenvalue weighted by Gasteiger charge is 2.24. The first-order chi connectivity index (χ1) is 23.4. The molecule has 3 aliphatic heterocycles. The Labute approximate surface area is 281 Å². The van der Waals surface area contributed by atoms with Crippen molar-refractivity contribution in [1.29, 1.82) is 0 Å². The third-order valence-corrected chi connectivity index (χ3v) is 9.03. The lowest BCUT2D eigenvalue weighted by Crippen LogP contribution is -2.48. The summed E-state index contributed by atoms with van der Waals surface area (Å²) in [6.07, 6.45) is 0.828. The molecule has 0 bridgehead atoms. The molecule has 6 rings (SSSR count). The molecule has 0 unspecified atom stereocenters. The number of amides is 4. The SMILES string of the molecule is CCN1CCN(C(=O)c2ccc(NC(=O)Nc3ccc(-c4nc(N5CCOCC5)nc(N5CCCN(C(C)=O)CC5)n4)cc3)cc2)CC1. The molecular weight excluding hydrogens is 612 g/mol. The molecule has 2 N–H and O–H groups in total. The lowest BCUT2D eigenvalue weighted by molar-refractivity contribution is -0.128. The Morgan fingerprint density at radius 2 is 1.27 bits per heavy atom. The number of hydrogen-bond acceptors (Lipinski definition) is 10. The molecule has 2 aromatic carbocycles. The highest BCUT2D eigenvalue weighted by Crippen LogP contribution is 2.25. The Bertz CT molecular complexity index is 1570. The number of anilines is 4. The normalized spacial score (nSPS) is 17.5. The molecule has 0 spiro atoms. The highest BCUT2D eigenvalue weighted by molar-refractivity contribution is 6.00. The number of aromatic nitrogens is 3. The molecule has 254 valence electrons. The first-order valence-electron chi connectivity index (χ1n) is 16.8. The van der Waals surface area contributed by atoms with Gasteiger partial charge < -0.3 is 39.9 Å². The van der Waals surface area contributed by atoms with Crippen molar-refractivity contribution in [2.24, 2.45) is 0 Å². The molecule has 3 aliphatic rings. The lowest BCUT2D eigenvalue weighted by Gasteiger charge is -2.34. The smallest absolute Gasteiger partial charge is 0.323 e. The summed E-state index contributed by atoms with van der Waals surface area (Å²) in [7, 11) is 0. The Morgan fingerprint density at radius 1 is 0.688 bits per heavy atom. The number of morpholine rings is 1. The van der Waals surface area contributed by atoms with Gasteiger partial charge in [0.25, 0.3) is 5.91 Å². The number of hydrogen-bond donors (Lipinski definition) is 2. The molecule has 3 aromatic rings. The molecule has 0 saturated carbocycles. The average molecular weight is 657 g/mol. The maximum absolute atomic E-state index is 12.9. The van der Waals surface area contributed by atoms with Gasteiger partial charge >= 0.3 is 6.03 Å². The molecule has 3 fully saturated rings. The fraction of sp³-hybridized carbons (Fsp3) is 0.471. The predicted molar refractivity (Wildman–Crippen MR) is 184 cm³/mol. The predicted octanol–water partition coefficient (Wildman–Crippen LogP) is 2.86. The summed E-state index contributed by atoms with van der Waals surface area (Å²) < 4.78 is 5.54. The molecule has 48 heavy (non-hydrogen) atoms. The number of rotatable bonds is 7. The summed E-state index contributed by atoms with van der Waals surface area (Å²) in [5, 5.41) is 5.71. The van der Waals surface area contributed by atoms with Crippen LogP contribution in [0.4, 0.5) is 28.1 Å². The van der Waals surface area contributed by atoms with Crippen LogP contribution in [0.1, 0.15) is 30.6 Å². The van der Waals surface area contributed by atoms with E-state index in [1.54, 1.807) is 31.2 Å². The van der Waals surface area contributed by atoms with E-state index in [-0.39, 0.29) is 11.8 Å². The Morgan fingerprint density at radius 3 is 1.88 bits per heavy atom. The number of nitrogens with zero attached hydrogens (tertiary/aromatic N) is 8. The topological polar surface area (TPSA) is 139 Å². The van der Waals surface area contributed by atoms with Crippen LogP contribution in [0, 0.1) is 0 Å². The number of urea groups is 1. The average Bonchev–Trinajstić information content (AvgIpc) is 3.39. The molecule has 0 atom stereocenters. The van der Waals surface area contributed by atoms with Crippen LogP contribution in [0.15, 0.2) is 48.5 Å². The van der Waals surface area contributed by atoms with Gasteiger partial charge in [0, 0.05) is 94.9 Å². The maximum Gasteiger partial charge on any atom is 0.323 e. The van der Waals surface area contributed by atoms with Crippen LogP contribution in [0.3, 0.4) is 0 Å². The van der Waals surface area contributed by atoms with Crippen molar-refractivity contribution in [2.75, 3.05) is 106 Å². The standard InChI is InChI=1S/C34H44N10O4/c1-3-40-15-17-42(18-16-40)31(46)27-7-11-29(12-8-27)36-34(47)35-28-9-5-26(6-10-28)30-37-32(39-33(38-30)44-21-23-48-24-22-44)43-14-4-13-41(19-20-43)25(2)45/h5-12H,3-4,13-24H2,1-2H3,(H2,35,36,47).